The van der Waals surface area contributed by atoms with Gasteiger partial charge in [0.15, 0.2) is 0 Å². The number of hydrogen-bond acceptors (Lipinski definition) is 5. The summed E-state index contributed by atoms with van der Waals surface area (Å²) in [6.45, 7) is 0. The molecule has 0 fully saturated rings. The van der Waals surface area contributed by atoms with Gasteiger partial charge in [-0.05, 0) is 18.2 Å². The van der Waals surface area contributed by atoms with E-state index in [9.17, 15) is 9.70 Å². The van der Waals surface area contributed by atoms with Gasteiger partial charge in [0.1, 0.15) is 5.75 Å². The highest BCUT2D eigenvalue weighted by atomic mass is 16.5. The van der Waals surface area contributed by atoms with Crippen LogP contribution in [0.4, 0.5) is 5.69 Å². The molecule has 0 saturated carbocycles. The summed E-state index contributed by atoms with van der Waals surface area (Å²) < 4.78 is 9.59. The third-order valence-electron chi connectivity index (χ3n) is 2.08. The first-order valence-electron chi connectivity index (χ1n) is 4.47. The minimum atomic E-state index is -0.551. The molecule has 0 aromatic heterocycles. The highest BCUT2D eigenvalue weighted by Gasteiger charge is 2.16. The Kier molecular flexibility index (Phi) is 3.82. The minimum Gasteiger partial charge on any atom is -0.497 e. The Labute approximate surface area is 92.7 Å². The molecule has 0 N–H and O–H groups in total. The van der Waals surface area contributed by atoms with Crippen LogP contribution >= 0.6 is 0 Å². The number of hydrogen-bond donors (Lipinski definition) is 0. The van der Waals surface area contributed by atoms with Crippen molar-refractivity contribution in [2.75, 3.05) is 26.3 Å². The van der Waals surface area contributed by atoms with Crippen molar-refractivity contribution in [3.8, 4) is 5.75 Å². The van der Waals surface area contributed by atoms with Crippen LogP contribution in [0.5, 0.6) is 5.75 Å². The van der Waals surface area contributed by atoms with E-state index in [1.165, 1.54) is 27.3 Å². The van der Waals surface area contributed by atoms with Gasteiger partial charge in [0, 0.05) is 7.05 Å². The van der Waals surface area contributed by atoms with Gasteiger partial charge in [0.2, 0.25) is 0 Å². The number of esters is 1. The molecule has 6 heteroatoms. The summed E-state index contributed by atoms with van der Waals surface area (Å²) in [6, 6.07) is 4.68. The first-order valence-corrected chi connectivity index (χ1v) is 4.47. The quantitative estimate of drug-likeness (QED) is 0.441. The van der Waals surface area contributed by atoms with Gasteiger partial charge in [-0.1, -0.05) is 0 Å². The molecule has 1 rings (SSSR count). The Morgan fingerprint density at radius 2 is 2.06 bits per heavy atom. The van der Waals surface area contributed by atoms with Gasteiger partial charge in [-0.15, -0.1) is 4.91 Å². The fourth-order valence-corrected chi connectivity index (χ4v) is 1.24. The van der Waals surface area contributed by atoms with Gasteiger partial charge in [-0.2, -0.15) is 0 Å². The number of rotatable bonds is 4. The average molecular weight is 224 g/mol. The zero-order valence-electron chi connectivity index (χ0n) is 9.26. The molecule has 0 radical (unpaired) electrons. The third-order valence-corrected chi connectivity index (χ3v) is 2.08. The Balaban J connectivity index is 3.26. The van der Waals surface area contributed by atoms with Crippen molar-refractivity contribution in [1.82, 2.24) is 0 Å². The van der Waals surface area contributed by atoms with Crippen LogP contribution in [0.15, 0.2) is 23.5 Å². The van der Waals surface area contributed by atoms with Crippen molar-refractivity contribution in [3.05, 3.63) is 28.7 Å². The molecule has 0 unspecified atom stereocenters. The maximum Gasteiger partial charge on any atom is 0.340 e. The molecule has 86 valence electrons. The maximum atomic E-state index is 11.5. The number of anilines is 1. The number of nitrogens with zero attached hydrogens (tertiary/aromatic N) is 2. The zero-order chi connectivity index (χ0) is 12.1. The topological polar surface area (TPSA) is 68.2 Å². The molecular weight excluding hydrogens is 212 g/mol. The van der Waals surface area contributed by atoms with E-state index in [2.05, 4.69) is 10.0 Å². The van der Waals surface area contributed by atoms with E-state index in [1.807, 2.05) is 0 Å². The first kappa shape index (κ1) is 12.0. The van der Waals surface area contributed by atoms with Crippen LogP contribution in [0.3, 0.4) is 0 Å². The van der Waals surface area contributed by atoms with Crippen LogP contribution in [0, 0.1) is 4.91 Å². The average Bonchev–Trinajstić information content (AvgIpc) is 2.36. The Hall–Kier alpha value is -2.11. The standard InChI is InChI=1S/C10H12N2O4/c1-12(11-14)9-5-4-7(15-2)6-8(9)10(13)16-3/h4-6H,1-3H3. The second-order valence-corrected chi connectivity index (χ2v) is 2.98. The lowest BCUT2D eigenvalue weighted by molar-refractivity contribution is 0.0601. The van der Waals surface area contributed by atoms with Gasteiger partial charge in [0.25, 0.3) is 0 Å². The molecule has 1 aromatic rings. The molecule has 0 aliphatic heterocycles. The van der Waals surface area contributed by atoms with Crippen molar-refractivity contribution >= 4 is 11.7 Å². The van der Waals surface area contributed by atoms with Gasteiger partial charge in [-0.3, -0.25) is 0 Å². The van der Waals surface area contributed by atoms with E-state index < -0.39 is 5.97 Å². The molecule has 0 bridgehead atoms. The van der Waals surface area contributed by atoms with E-state index in [-0.39, 0.29) is 5.56 Å². The molecule has 0 aliphatic rings. The number of nitroso groups, excluding NO2 is 1. The fourth-order valence-electron chi connectivity index (χ4n) is 1.24. The number of ether oxygens (including phenoxy) is 2. The fraction of sp³-hybridized carbons (Fsp3) is 0.300. The summed E-state index contributed by atoms with van der Waals surface area (Å²) in [5.74, 6) is -0.0483. The number of carbonyl (C=O) groups excluding carboxylic acids is 1. The highest BCUT2D eigenvalue weighted by molar-refractivity contribution is 5.96. The van der Waals surface area contributed by atoms with Crippen LogP contribution in [0.1, 0.15) is 10.4 Å². The van der Waals surface area contributed by atoms with Crippen LogP contribution < -0.4 is 9.75 Å². The van der Waals surface area contributed by atoms with Gasteiger partial charge in [0.05, 0.1) is 30.8 Å². The smallest absolute Gasteiger partial charge is 0.340 e. The molecule has 0 saturated heterocycles. The van der Waals surface area contributed by atoms with E-state index in [1.54, 1.807) is 12.1 Å². The highest BCUT2D eigenvalue weighted by Crippen LogP contribution is 2.25. The summed E-state index contributed by atoms with van der Waals surface area (Å²) in [5.41, 5.74) is 0.589. The Morgan fingerprint density at radius 3 is 2.56 bits per heavy atom. The molecule has 1 aromatic carbocycles. The first-order chi connectivity index (χ1) is 7.63. The van der Waals surface area contributed by atoms with Gasteiger partial charge >= 0.3 is 5.97 Å². The SMILES string of the molecule is COC(=O)c1cc(OC)ccc1N(C)N=O. The molecule has 0 amide bonds. The molecule has 6 nitrogen and oxygen atoms in total. The summed E-state index contributed by atoms with van der Waals surface area (Å²) in [4.78, 5) is 21.9. The van der Waals surface area contributed by atoms with Crippen LogP contribution in [0.2, 0.25) is 0 Å². The minimum absolute atomic E-state index is 0.226. The number of methoxy groups -OCH3 is 2. The Bertz CT molecular complexity index is 406. The lowest BCUT2D eigenvalue weighted by atomic mass is 10.1. The zero-order valence-corrected chi connectivity index (χ0v) is 9.26. The van der Waals surface area contributed by atoms with Crippen molar-refractivity contribution in [1.29, 1.82) is 0 Å². The predicted molar refractivity (Wildman–Crippen MR) is 58.5 cm³/mol. The third kappa shape index (κ3) is 2.28. The van der Waals surface area contributed by atoms with Crippen molar-refractivity contribution in [2.45, 2.75) is 0 Å². The number of benzene rings is 1. The number of carbonyl (C=O) groups is 1. The van der Waals surface area contributed by atoms with Crippen molar-refractivity contribution in [3.63, 3.8) is 0 Å². The molecule has 0 aliphatic carbocycles. The summed E-state index contributed by atoms with van der Waals surface area (Å²) in [5, 5.41) is 3.77. The van der Waals surface area contributed by atoms with Gasteiger partial charge < -0.3 is 9.47 Å². The molecule has 0 atom stereocenters. The van der Waals surface area contributed by atoms with E-state index in [0.29, 0.717) is 11.4 Å². The van der Waals surface area contributed by atoms with E-state index in [4.69, 9.17) is 4.74 Å². The molecule has 0 spiro atoms. The van der Waals surface area contributed by atoms with Crippen molar-refractivity contribution < 1.29 is 14.3 Å². The second-order valence-electron chi connectivity index (χ2n) is 2.98. The van der Waals surface area contributed by atoms with E-state index in [0.717, 1.165) is 5.01 Å². The second kappa shape index (κ2) is 5.11. The molecular formula is C10H12N2O4. The largest absolute Gasteiger partial charge is 0.497 e. The maximum absolute atomic E-state index is 11.5. The monoisotopic (exact) mass is 224 g/mol. The van der Waals surface area contributed by atoms with Crippen LogP contribution in [-0.4, -0.2) is 27.2 Å². The van der Waals surface area contributed by atoms with E-state index >= 15 is 0 Å². The summed E-state index contributed by atoms with van der Waals surface area (Å²) in [7, 11) is 4.19. The van der Waals surface area contributed by atoms with Crippen LogP contribution in [0.25, 0.3) is 0 Å². The lowest BCUT2D eigenvalue weighted by Crippen LogP contribution is -2.13. The lowest BCUT2D eigenvalue weighted by Gasteiger charge is -2.13. The predicted octanol–water partition coefficient (Wildman–Crippen LogP) is 1.60. The van der Waals surface area contributed by atoms with Crippen molar-refractivity contribution in [2.24, 2.45) is 5.29 Å². The van der Waals surface area contributed by atoms with Gasteiger partial charge in [-0.25, -0.2) is 9.80 Å². The Morgan fingerprint density at radius 1 is 1.38 bits per heavy atom. The normalized spacial score (nSPS) is 9.44. The summed E-state index contributed by atoms with van der Waals surface area (Å²) in [6.07, 6.45) is 0. The molecule has 16 heavy (non-hydrogen) atoms. The molecule has 0 heterocycles. The summed E-state index contributed by atoms with van der Waals surface area (Å²) >= 11 is 0. The van der Waals surface area contributed by atoms with Crippen LogP contribution in [-0.2, 0) is 4.74 Å².